The van der Waals surface area contributed by atoms with Crippen molar-refractivity contribution in [2.45, 2.75) is 31.5 Å². The zero-order valence-corrected chi connectivity index (χ0v) is 19.5. The van der Waals surface area contributed by atoms with Gasteiger partial charge >= 0.3 is 6.18 Å². The summed E-state index contributed by atoms with van der Waals surface area (Å²) in [6.45, 7) is 0.986. The molecule has 0 saturated carbocycles. The summed E-state index contributed by atoms with van der Waals surface area (Å²) < 4.78 is 41.4. The lowest BCUT2D eigenvalue weighted by molar-refractivity contribution is -0.0928. The summed E-state index contributed by atoms with van der Waals surface area (Å²) in [7, 11) is 2.07. The second-order valence-corrected chi connectivity index (χ2v) is 8.79. The van der Waals surface area contributed by atoms with Crippen molar-refractivity contribution < 1.29 is 18.0 Å². The Kier molecular flexibility index (Phi) is 6.09. The maximum atomic E-state index is 13.1. The molecule has 36 heavy (non-hydrogen) atoms. The number of halogens is 3. The van der Waals surface area contributed by atoms with E-state index in [1.807, 2.05) is 10.6 Å². The van der Waals surface area contributed by atoms with Crippen LogP contribution in [-0.4, -0.2) is 50.8 Å². The monoisotopic (exact) mass is 495 g/mol. The highest BCUT2D eigenvalue weighted by atomic mass is 19.4. The van der Waals surface area contributed by atoms with Crippen LogP contribution in [0.5, 0.6) is 0 Å². The van der Waals surface area contributed by atoms with Gasteiger partial charge in [0, 0.05) is 35.3 Å². The second-order valence-electron chi connectivity index (χ2n) is 8.79. The van der Waals surface area contributed by atoms with Crippen molar-refractivity contribution in [2.75, 3.05) is 19.3 Å². The molecule has 2 aliphatic heterocycles. The number of hydrogen-bond acceptors (Lipinski definition) is 6. The number of hydrogen-bond donors (Lipinski definition) is 2. The molecular weight excluding hydrogens is 471 g/mol. The summed E-state index contributed by atoms with van der Waals surface area (Å²) in [4.78, 5) is 28.0. The van der Waals surface area contributed by atoms with Crippen molar-refractivity contribution >= 4 is 23.1 Å². The van der Waals surface area contributed by atoms with Gasteiger partial charge in [0.05, 0.1) is 6.04 Å². The third kappa shape index (κ3) is 4.49. The third-order valence-corrected chi connectivity index (χ3v) is 6.42. The zero-order chi connectivity index (χ0) is 25.4. The average molecular weight is 496 g/mol. The Labute approximate surface area is 205 Å². The van der Waals surface area contributed by atoms with E-state index in [0.29, 0.717) is 17.0 Å². The summed E-state index contributed by atoms with van der Waals surface area (Å²) in [5, 5.41) is 2.45. The molecule has 2 aromatic heterocycles. The first-order chi connectivity index (χ1) is 17.2. The smallest absolute Gasteiger partial charge is 0.382 e. The van der Waals surface area contributed by atoms with E-state index in [-0.39, 0.29) is 23.9 Å². The van der Waals surface area contributed by atoms with E-state index in [2.05, 4.69) is 27.2 Å². The number of nitrogens with two attached hydrogens (primary N) is 1. The van der Waals surface area contributed by atoms with Crippen LogP contribution in [0, 0.1) is 0 Å². The van der Waals surface area contributed by atoms with E-state index in [4.69, 9.17) is 10.7 Å². The number of aromatic nitrogens is 3. The fourth-order valence-electron chi connectivity index (χ4n) is 4.57. The maximum absolute atomic E-state index is 13.1. The van der Waals surface area contributed by atoms with Crippen LogP contribution in [0.4, 0.5) is 19.0 Å². The van der Waals surface area contributed by atoms with Gasteiger partial charge in [-0.15, -0.1) is 0 Å². The number of aliphatic imine (C=N–C) groups is 1. The first kappa shape index (κ1) is 23.7. The highest BCUT2D eigenvalue weighted by Crippen LogP contribution is 2.35. The Bertz CT molecular complexity index is 1400. The van der Waals surface area contributed by atoms with Crippen LogP contribution in [0.2, 0.25) is 0 Å². The number of benzene rings is 1. The van der Waals surface area contributed by atoms with Gasteiger partial charge in [-0.1, -0.05) is 18.2 Å². The molecule has 3 aromatic rings. The molecule has 0 aliphatic carbocycles. The second kappa shape index (κ2) is 9.23. The van der Waals surface area contributed by atoms with Crippen molar-refractivity contribution in [3.05, 3.63) is 72.0 Å². The maximum Gasteiger partial charge on any atom is 0.413 e. The molecule has 4 heterocycles. The fraction of sp³-hybridized carbons (Fsp3) is 0.280. The predicted octanol–water partition coefficient (Wildman–Crippen LogP) is 4.28. The normalized spacial score (nSPS) is 18.7. The minimum Gasteiger partial charge on any atom is -0.382 e. The minimum atomic E-state index is -4.50. The summed E-state index contributed by atoms with van der Waals surface area (Å²) in [5.41, 5.74) is 7.79. The molecule has 5 rings (SSSR count). The van der Waals surface area contributed by atoms with Gasteiger partial charge in [0.15, 0.2) is 0 Å². The van der Waals surface area contributed by atoms with Crippen LogP contribution in [0.3, 0.4) is 0 Å². The third-order valence-electron chi connectivity index (χ3n) is 6.42. The van der Waals surface area contributed by atoms with E-state index in [0.717, 1.165) is 36.9 Å². The van der Waals surface area contributed by atoms with Gasteiger partial charge < -0.3 is 11.1 Å². The van der Waals surface area contributed by atoms with Crippen molar-refractivity contribution in [3.8, 4) is 11.3 Å². The van der Waals surface area contributed by atoms with E-state index in [9.17, 15) is 18.0 Å². The first-order valence-corrected chi connectivity index (χ1v) is 11.5. The molecule has 8 nitrogen and oxygen atoms in total. The lowest BCUT2D eigenvalue weighted by Crippen LogP contribution is -2.30. The minimum absolute atomic E-state index is 0.155. The van der Waals surface area contributed by atoms with E-state index < -0.39 is 17.7 Å². The van der Waals surface area contributed by atoms with Gasteiger partial charge in [0.1, 0.15) is 28.7 Å². The van der Waals surface area contributed by atoms with Gasteiger partial charge in [-0.05, 0) is 51.1 Å². The SMILES string of the molecule is CN1CCCC1c1nc(-c2ccc(C(=O)NC3=NC=CCC(C(F)(F)F)=C3)cc2)c2c(N)nccn12. The van der Waals surface area contributed by atoms with Gasteiger partial charge in [-0.25, -0.2) is 15.0 Å². The van der Waals surface area contributed by atoms with E-state index in [1.54, 1.807) is 30.5 Å². The molecule has 11 heteroatoms. The summed E-state index contributed by atoms with van der Waals surface area (Å²) in [6, 6.07) is 6.80. The Morgan fingerprint density at radius 1 is 1.22 bits per heavy atom. The van der Waals surface area contributed by atoms with Gasteiger partial charge in [0.25, 0.3) is 5.91 Å². The lowest BCUT2D eigenvalue weighted by atomic mass is 10.1. The summed E-state index contributed by atoms with van der Waals surface area (Å²) in [5.74, 6) is 0.481. The first-order valence-electron chi connectivity index (χ1n) is 11.5. The highest BCUT2D eigenvalue weighted by Gasteiger charge is 2.33. The van der Waals surface area contributed by atoms with Crippen molar-refractivity contribution in [1.82, 2.24) is 24.6 Å². The average Bonchev–Trinajstić information content (AvgIpc) is 3.35. The van der Waals surface area contributed by atoms with Crippen molar-refractivity contribution in [2.24, 2.45) is 4.99 Å². The van der Waals surface area contributed by atoms with Gasteiger partial charge in [0.2, 0.25) is 0 Å². The topological polar surface area (TPSA) is 101 Å². The molecule has 186 valence electrons. The Morgan fingerprint density at radius 3 is 2.69 bits per heavy atom. The molecule has 0 bridgehead atoms. The van der Waals surface area contributed by atoms with Crippen LogP contribution in [-0.2, 0) is 0 Å². The molecule has 3 N–H and O–H groups in total. The summed E-state index contributed by atoms with van der Waals surface area (Å²) >= 11 is 0. The molecule has 1 unspecified atom stereocenters. The number of carbonyl (C=O) groups excluding carboxylic acids is 1. The number of allylic oxidation sites excluding steroid dienone is 2. The number of nitrogens with zero attached hydrogens (tertiary/aromatic N) is 5. The molecule has 2 aliphatic rings. The van der Waals surface area contributed by atoms with E-state index >= 15 is 0 Å². The van der Waals surface area contributed by atoms with Crippen LogP contribution in [0.25, 0.3) is 16.8 Å². The number of rotatable bonds is 3. The van der Waals surface area contributed by atoms with Gasteiger partial charge in [-0.3, -0.25) is 14.1 Å². The number of imidazole rings is 1. The molecular formula is C25H24F3N7O. The lowest BCUT2D eigenvalue weighted by Gasteiger charge is -2.18. The summed E-state index contributed by atoms with van der Waals surface area (Å²) in [6.07, 6.45) is 4.13. The number of carbonyl (C=O) groups is 1. The Balaban J connectivity index is 1.43. The van der Waals surface area contributed by atoms with Crippen LogP contribution in [0.15, 0.2) is 65.6 Å². The largest absolute Gasteiger partial charge is 0.413 e. The van der Waals surface area contributed by atoms with Crippen LogP contribution >= 0.6 is 0 Å². The number of fused-ring (bicyclic) bond motifs is 1. The number of nitrogen functional groups attached to an aromatic ring is 1. The number of likely N-dealkylation sites (tertiary alicyclic amines) is 1. The zero-order valence-electron chi connectivity index (χ0n) is 19.5. The van der Waals surface area contributed by atoms with Crippen molar-refractivity contribution in [3.63, 3.8) is 0 Å². The Morgan fingerprint density at radius 2 is 2.00 bits per heavy atom. The molecule has 1 atom stereocenters. The number of amides is 1. The van der Waals surface area contributed by atoms with Crippen LogP contribution in [0.1, 0.15) is 41.5 Å². The van der Waals surface area contributed by atoms with Crippen LogP contribution < -0.4 is 11.1 Å². The highest BCUT2D eigenvalue weighted by molar-refractivity contribution is 6.10. The quantitative estimate of drug-likeness (QED) is 0.565. The molecule has 1 amide bonds. The molecule has 0 spiro atoms. The number of alkyl halides is 3. The standard InChI is InChI=1S/C25H24F3N7O/c1-34-12-3-5-18(34)23-33-20(21-22(29)31-11-13-35(21)23)15-6-8-16(9-7-15)24(36)32-19-14-17(25(26,27)28)4-2-10-30-19/h2,6-11,13-14,18H,3-5,12H2,1H3,(H2,29,31)(H,30,32,36). The Hall–Kier alpha value is -3.99. The number of anilines is 1. The van der Waals surface area contributed by atoms with Gasteiger partial charge in [-0.2, -0.15) is 13.2 Å². The molecule has 0 radical (unpaired) electrons. The fourth-order valence-corrected chi connectivity index (χ4v) is 4.57. The predicted molar refractivity (Wildman–Crippen MR) is 130 cm³/mol. The molecule has 1 fully saturated rings. The molecule has 1 saturated heterocycles. The number of amidine groups is 1. The van der Waals surface area contributed by atoms with Crippen molar-refractivity contribution in [1.29, 1.82) is 0 Å². The number of nitrogens with one attached hydrogen (secondary N) is 1. The van der Waals surface area contributed by atoms with E-state index in [1.165, 1.54) is 12.3 Å². The molecule has 1 aromatic carbocycles.